The molecule has 0 aliphatic carbocycles. The van der Waals surface area contributed by atoms with Crippen LogP contribution in [0.4, 0.5) is 4.79 Å². The molecule has 0 radical (unpaired) electrons. The van der Waals surface area contributed by atoms with Crippen molar-refractivity contribution in [3.05, 3.63) is 0 Å². The Hall–Kier alpha value is -0.810. The van der Waals surface area contributed by atoms with Crippen molar-refractivity contribution >= 4 is 6.09 Å². The molecule has 0 aromatic heterocycles. The Bertz CT molecular complexity index is 354. The third-order valence-corrected chi connectivity index (χ3v) is 4.43. The average molecular weight is 297 g/mol. The van der Waals surface area contributed by atoms with Crippen molar-refractivity contribution in [2.24, 2.45) is 0 Å². The Balaban J connectivity index is 1.72. The average Bonchev–Trinajstić information content (AvgIpc) is 2.96. The van der Waals surface area contributed by atoms with Crippen molar-refractivity contribution < 1.29 is 9.53 Å². The Morgan fingerprint density at radius 2 is 2.10 bits per heavy atom. The molecule has 2 atom stereocenters. The van der Waals surface area contributed by atoms with Crippen molar-refractivity contribution in [1.82, 2.24) is 15.1 Å². The maximum atomic E-state index is 12.1. The van der Waals surface area contributed by atoms with E-state index in [1.54, 1.807) is 4.90 Å². The second kappa shape index (κ2) is 6.97. The number of hydrogen-bond acceptors (Lipinski definition) is 4. The zero-order valence-electron chi connectivity index (χ0n) is 14.0. The second-order valence-corrected chi connectivity index (χ2v) is 7.15. The van der Waals surface area contributed by atoms with Crippen LogP contribution in [0.15, 0.2) is 0 Å². The molecule has 2 saturated heterocycles. The van der Waals surface area contributed by atoms with Crippen LogP contribution in [-0.2, 0) is 4.74 Å². The number of fused-ring (bicyclic) bond motifs is 1. The molecule has 21 heavy (non-hydrogen) atoms. The van der Waals surface area contributed by atoms with Gasteiger partial charge in [0.1, 0.15) is 5.60 Å². The molecule has 0 bridgehead atoms. The maximum Gasteiger partial charge on any atom is 0.410 e. The summed E-state index contributed by atoms with van der Waals surface area (Å²) in [4.78, 5) is 16.4. The van der Waals surface area contributed by atoms with E-state index in [0.29, 0.717) is 19.1 Å². The van der Waals surface area contributed by atoms with E-state index in [9.17, 15) is 4.79 Å². The minimum atomic E-state index is -0.423. The zero-order chi connectivity index (χ0) is 15.5. The highest BCUT2D eigenvalue weighted by Gasteiger charge is 2.36. The standard InChI is InChI=1S/C16H31N3O2/c1-5-18(15(20)21-16(2,3)4)12-9-17-13-8-11-19-10-6-7-14(13)19/h13-14,17H,5-12H2,1-4H3. The Labute approximate surface area is 129 Å². The maximum absolute atomic E-state index is 12.1. The van der Waals surface area contributed by atoms with Gasteiger partial charge in [-0.3, -0.25) is 4.90 Å². The predicted octanol–water partition coefficient (Wildman–Crippen LogP) is 2.07. The van der Waals surface area contributed by atoms with Crippen LogP contribution in [-0.4, -0.2) is 66.3 Å². The summed E-state index contributed by atoms with van der Waals surface area (Å²) in [7, 11) is 0. The van der Waals surface area contributed by atoms with Gasteiger partial charge in [0.25, 0.3) is 0 Å². The molecule has 1 N–H and O–H groups in total. The number of likely N-dealkylation sites (N-methyl/N-ethyl adjacent to an activating group) is 1. The van der Waals surface area contributed by atoms with E-state index >= 15 is 0 Å². The van der Waals surface area contributed by atoms with E-state index in [4.69, 9.17) is 4.74 Å². The van der Waals surface area contributed by atoms with Crippen molar-refractivity contribution in [3.63, 3.8) is 0 Å². The molecule has 2 heterocycles. The van der Waals surface area contributed by atoms with E-state index in [0.717, 1.165) is 12.6 Å². The highest BCUT2D eigenvalue weighted by Crippen LogP contribution is 2.27. The molecule has 1 amide bonds. The third kappa shape index (κ3) is 4.58. The summed E-state index contributed by atoms with van der Waals surface area (Å²) in [6.45, 7) is 12.5. The molecular formula is C16H31N3O2. The van der Waals surface area contributed by atoms with Gasteiger partial charge in [0.2, 0.25) is 0 Å². The van der Waals surface area contributed by atoms with Gasteiger partial charge in [-0.2, -0.15) is 0 Å². The van der Waals surface area contributed by atoms with E-state index in [1.165, 1.54) is 32.4 Å². The number of carbonyl (C=O) groups is 1. The zero-order valence-corrected chi connectivity index (χ0v) is 14.0. The van der Waals surface area contributed by atoms with Crippen LogP contribution in [0.2, 0.25) is 0 Å². The molecule has 0 saturated carbocycles. The van der Waals surface area contributed by atoms with Crippen molar-refractivity contribution in [2.75, 3.05) is 32.7 Å². The minimum Gasteiger partial charge on any atom is -0.444 e. The molecule has 2 rings (SSSR count). The summed E-state index contributed by atoms with van der Waals surface area (Å²) in [5.74, 6) is 0. The quantitative estimate of drug-likeness (QED) is 0.844. The number of hydrogen-bond donors (Lipinski definition) is 1. The first-order chi connectivity index (χ1) is 9.90. The fourth-order valence-electron chi connectivity index (χ4n) is 3.41. The fraction of sp³-hybridized carbons (Fsp3) is 0.938. The molecule has 2 aliphatic rings. The SMILES string of the molecule is CCN(CCNC1CCN2CCCC12)C(=O)OC(C)(C)C. The first kappa shape index (κ1) is 16.6. The van der Waals surface area contributed by atoms with Crippen molar-refractivity contribution in [3.8, 4) is 0 Å². The minimum absolute atomic E-state index is 0.208. The summed E-state index contributed by atoms with van der Waals surface area (Å²) in [6.07, 6.45) is 3.69. The summed E-state index contributed by atoms with van der Waals surface area (Å²) in [5, 5.41) is 3.64. The van der Waals surface area contributed by atoms with Gasteiger partial charge in [-0.05, 0) is 53.5 Å². The van der Waals surface area contributed by atoms with Crippen LogP contribution in [0.1, 0.15) is 47.0 Å². The van der Waals surface area contributed by atoms with Gasteiger partial charge in [0.05, 0.1) is 0 Å². The van der Waals surface area contributed by atoms with Gasteiger partial charge in [0.15, 0.2) is 0 Å². The number of nitrogens with one attached hydrogen (secondary N) is 1. The van der Waals surface area contributed by atoms with Crippen LogP contribution in [0.5, 0.6) is 0 Å². The summed E-state index contributed by atoms with van der Waals surface area (Å²) in [6, 6.07) is 1.33. The van der Waals surface area contributed by atoms with Gasteiger partial charge in [-0.1, -0.05) is 0 Å². The van der Waals surface area contributed by atoms with Crippen LogP contribution >= 0.6 is 0 Å². The second-order valence-electron chi connectivity index (χ2n) is 7.15. The molecule has 0 aromatic carbocycles. The number of nitrogens with zero attached hydrogens (tertiary/aromatic N) is 2. The van der Waals surface area contributed by atoms with Crippen LogP contribution in [0.3, 0.4) is 0 Å². The molecule has 0 spiro atoms. The molecule has 2 fully saturated rings. The summed E-state index contributed by atoms with van der Waals surface area (Å²) in [5.41, 5.74) is -0.423. The first-order valence-electron chi connectivity index (χ1n) is 8.36. The lowest BCUT2D eigenvalue weighted by Gasteiger charge is -2.27. The molecule has 0 aromatic rings. The smallest absolute Gasteiger partial charge is 0.410 e. The van der Waals surface area contributed by atoms with E-state index in [1.807, 2.05) is 27.7 Å². The molecule has 2 aliphatic heterocycles. The topological polar surface area (TPSA) is 44.8 Å². The molecular weight excluding hydrogens is 266 g/mol. The summed E-state index contributed by atoms with van der Waals surface area (Å²) < 4.78 is 5.43. The molecule has 5 nitrogen and oxygen atoms in total. The van der Waals surface area contributed by atoms with Gasteiger partial charge in [0, 0.05) is 38.3 Å². The largest absolute Gasteiger partial charge is 0.444 e. The van der Waals surface area contributed by atoms with Crippen molar-refractivity contribution in [2.45, 2.75) is 64.6 Å². The lowest BCUT2D eigenvalue weighted by atomic mass is 10.1. The fourth-order valence-corrected chi connectivity index (χ4v) is 3.41. The van der Waals surface area contributed by atoms with Crippen LogP contribution < -0.4 is 5.32 Å². The number of rotatable bonds is 5. The predicted molar refractivity (Wildman–Crippen MR) is 84.5 cm³/mol. The lowest BCUT2D eigenvalue weighted by Crippen LogP contribution is -2.45. The van der Waals surface area contributed by atoms with Gasteiger partial charge >= 0.3 is 6.09 Å². The van der Waals surface area contributed by atoms with Crippen LogP contribution in [0, 0.1) is 0 Å². The van der Waals surface area contributed by atoms with Gasteiger partial charge < -0.3 is 15.0 Å². The molecule has 2 unspecified atom stereocenters. The Morgan fingerprint density at radius 3 is 2.76 bits per heavy atom. The van der Waals surface area contributed by atoms with E-state index < -0.39 is 5.60 Å². The number of ether oxygens (including phenoxy) is 1. The lowest BCUT2D eigenvalue weighted by molar-refractivity contribution is 0.0260. The third-order valence-electron chi connectivity index (χ3n) is 4.43. The molecule has 122 valence electrons. The van der Waals surface area contributed by atoms with Gasteiger partial charge in [-0.15, -0.1) is 0 Å². The van der Waals surface area contributed by atoms with Gasteiger partial charge in [-0.25, -0.2) is 4.79 Å². The molecule has 5 heteroatoms. The number of carbonyl (C=O) groups excluding carboxylic acids is 1. The highest BCUT2D eigenvalue weighted by atomic mass is 16.6. The van der Waals surface area contributed by atoms with E-state index in [2.05, 4.69) is 10.2 Å². The Morgan fingerprint density at radius 1 is 1.33 bits per heavy atom. The normalized spacial score (nSPS) is 25.9. The monoisotopic (exact) mass is 297 g/mol. The summed E-state index contributed by atoms with van der Waals surface area (Å²) >= 11 is 0. The van der Waals surface area contributed by atoms with E-state index in [-0.39, 0.29) is 6.09 Å². The Kier molecular flexibility index (Phi) is 5.49. The first-order valence-corrected chi connectivity index (χ1v) is 8.36. The highest BCUT2D eigenvalue weighted by molar-refractivity contribution is 5.68. The van der Waals surface area contributed by atoms with Crippen LogP contribution in [0.25, 0.3) is 0 Å². The number of amides is 1. The van der Waals surface area contributed by atoms with Crippen molar-refractivity contribution in [1.29, 1.82) is 0 Å².